The van der Waals surface area contributed by atoms with Gasteiger partial charge in [0.1, 0.15) is 0 Å². The van der Waals surface area contributed by atoms with Crippen LogP contribution in [-0.4, -0.2) is 29.8 Å². The molecule has 0 aliphatic carbocycles. The van der Waals surface area contributed by atoms with Crippen molar-refractivity contribution in [2.75, 3.05) is 13.1 Å². The highest BCUT2D eigenvalue weighted by molar-refractivity contribution is 5.84. The lowest BCUT2D eigenvalue weighted by molar-refractivity contribution is -0.133. The molecule has 22 heavy (non-hydrogen) atoms. The van der Waals surface area contributed by atoms with E-state index >= 15 is 0 Å². The maximum Gasteiger partial charge on any atom is 0.223 e. The second kappa shape index (κ2) is 8.57. The maximum absolute atomic E-state index is 12.2. The highest BCUT2D eigenvalue weighted by Gasteiger charge is 2.17. The Balaban J connectivity index is 1.74. The molecule has 1 heterocycles. The lowest BCUT2D eigenvalue weighted by atomic mass is 10.1. The average Bonchev–Trinajstić information content (AvgIpc) is 2.82. The zero-order valence-electron chi connectivity index (χ0n) is 13.4. The first-order valence-corrected chi connectivity index (χ1v) is 8.29. The number of nitrogens with zero attached hydrogens (tertiary/aromatic N) is 1. The summed E-state index contributed by atoms with van der Waals surface area (Å²) in [7, 11) is 0. The molecular weight excluding hydrogens is 276 g/mol. The highest BCUT2D eigenvalue weighted by Crippen LogP contribution is 2.13. The molecule has 1 saturated heterocycles. The Hall–Kier alpha value is -1.84. The van der Waals surface area contributed by atoms with Crippen molar-refractivity contribution in [1.29, 1.82) is 0 Å². The van der Waals surface area contributed by atoms with Crippen LogP contribution in [0.5, 0.6) is 0 Å². The standard InChI is InChI=1S/C18H26N2O2/c1-15(16-9-5-4-6-10-16)19-17(21)11-12-18(22)20-13-7-2-3-8-14-20/h4-6,9-10,15H,2-3,7-8,11-14H2,1H3,(H,19,21)/t15-/m0/s1. The summed E-state index contributed by atoms with van der Waals surface area (Å²) >= 11 is 0. The molecule has 4 heteroatoms. The molecular formula is C18H26N2O2. The molecule has 120 valence electrons. The van der Waals surface area contributed by atoms with Crippen LogP contribution >= 0.6 is 0 Å². The third-order valence-electron chi connectivity index (χ3n) is 4.20. The lowest BCUT2D eigenvalue weighted by Crippen LogP contribution is -2.33. The Bertz CT molecular complexity index is 479. The van der Waals surface area contributed by atoms with Gasteiger partial charge in [0.25, 0.3) is 0 Å². The minimum Gasteiger partial charge on any atom is -0.350 e. The molecule has 2 amide bonds. The maximum atomic E-state index is 12.2. The molecule has 0 saturated carbocycles. The largest absolute Gasteiger partial charge is 0.350 e. The number of carbonyl (C=O) groups excluding carboxylic acids is 2. The summed E-state index contributed by atoms with van der Waals surface area (Å²) < 4.78 is 0. The fourth-order valence-corrected chi connectivity index (χ4v) is 2.84. The van der Waals surface area contributed by atoms with E-state index in [1.165, 1.54) is 12.8 Å². The van der Waals surface area contributed by atoms with Crippen LogP contribution in [0.2, 0.25) is 0 Å². The summed E-state index contributed by atoms with van der Waals surface area (Å²) in [6.07, 6.45) is 5.17. The number of hydrogen-bond donors (Lipinski definition) is 1. The Morgan fingerprint density at radius 1 is 1.05 bits per heavy atom. The van der Waals surface area contributed by atoms with E-state index in [-0.39, 0.29) is 24.3 Å². The number of likely N-dealkylation sites (tertiary alicyclic amines) is 1. The molecule has 0 spiro atoms. The van der Waals surface area contributed by atoms with Gasteiger partial charge in [0.05, 0.1) is 6.04 Å². The minimum absolute atomic E-state index is 0.0259. The van der Waals surface area contributed by atoms with E-state index in [2.05, 4.69) is 5.32 Å². The van der Waals surface area contributed by atoms with Gasteiger partial charge in [0.15, 0.2) is 0 Å². The van der Waals surface area contributed by atoms with Crippen molar-refractivity contribution >= 4 is 11.8 Å². The van der Waals surface area contributed by atoms with Crippen LogP contribution in [0.25, 0.3) is 0 Å². The smallest absolute Gasteiger partial charge is 0.223 e. The summed E-state index contributed by atoms with van der Waals surface area (Å²) in [5.41, 5.74) is 1.08. The fraction of sp³-hybridized carbons (Fsp3) is 0.556. The van der Waals surface area contributed by atoms with E-state index in [1.807, 2.05) is 42.2 Å². The first-order valence-electron chi connectivity index (χ1n) is 8.29. The Labute approximate surface area is 132 Å². The molecule has 0 unspecified atom stereocenters. The van der Waals surface area contributed by atoms with E-state index < -0.39 is 0 Å². The molecule has 1 N–H and O–H groups in total. The van der Waals surface area contributed by atoms with Gasteiger partial charge in [-0.2, -0.15) is 0 Å². The number of carbonyl (C=O) groups is 2. The van der Waals surface area contributed by atoms with E-state index in [4.69, 9.17) is 0 Å². The van der Waals surface area contributed by atoms with Gasteiger partial charge in [0, 0.05) is 25.9 Å². The summed E-state index contributed by atoms with van der Waals surface area (Å²) in [6, 6.07) is 9.84. The van der Waals surface area contributed by atoms with Crippen LogP contribution in [-0.2, 0) is 9.59 Å². The fourth-order valence-electron chi connectivity index (χ4n) is 2.84. The van der Waals surface area contributed by atoms with E-state index in [0.29, 0.717) is 6.42 Å². The van der Waals surface area contributed by atoms with E-state index in [1.54, 1.807) is 0 Å². The molecule has 1 fully saturated rings. The van der Waals surface area contributed by atoms with Crippen LogP contribution in [0.1, 0.15) is 57.1 Å². The molecule has 0 bridgehead atoms. The van der Waals surface area contributed by atoms with Crippen LogP contribution in [0, 0.1) is 0 Å². The van der Waals surface area contributed by atoms with Gasteiger partial charge in [-0.05, 0) is 25.3 Å². The van der Waals surface area contributed by atoms with Gasteiger partial charge < -0.3 is 10.2 Å². The number of amides is 2. The zero-order valence-corrected chi connectivity index (χ0v) is 13.4. The summed E-state index contributed by atoms with van der Waals surface area (Å²) in [6.45, 7) is 3.66. The monoisotopic (exact) mass is 302 g/mol. The van der Waals surface area contributed by atoms with Gasteiger partial charge in [-0.15, -0.1) is 0 Å². The topological polar surface area (TPSA) is 49.4 Å². The SMILES string of the molecule is C[C@H](NC(=O)CCC(=O)N1CCCCCC1)c1ccccc1. The Morgan fingerprint density at radius 3 is 2.32 bits per heavy atom. The van der Waals surface area contributed by atoms with Crippen LogP contribution in [0.4, 0.5) is 0 Å². The van der Waals surface area contributed by atoms with Gasteiger partial charge >= 0.3 is 0 Å². The van der Waals surface area contributed by atoms with Crippen molar-refractivity contribution in [1.82, 2.24) is 10.2 Å². The molecule has 1 aliphatic heterocycles. The number of rotatable bonds is 5. The minimum atomic E-state index is -0.0560. The molecule has 1 aromatic carbocycles. The van der Waals surface area contributed by atoms with E-state index in [0.717, 1.165) is 31.5 Å². The molecule has 2 rings (SSSR count). The van der Waals surface area contributed by atoms with Crippen molar-refractivity contribution in [3.8, 4) is 0 Å². The van der Waals surface area contributed by atoms with Crippen molar-refractivity contribution in [3.63, 3.8) is 0 Å². The van der Waals surface area contributed by atoms with Gasteiger partial charge in [-0.1, -0.05) is 43.2 Å². The highest BCUT2D eigenvalue weighted by atomic mass is 16.2. The quantitative estimate of drug-likeness (QED) is 0.909. The summed E-state index contributed by atoms with van der Waals surface area (Å²) in [4.78, 5) is 26.1. The molecule has 4 nitrogen and oxygen atoms in total. The van der Waals surface area contributed by atoms with Crippen LogP contribution in [0.3, 0.4) is 0 Å². The van der Waals surface area contributed by atoms with Crippen LogP contribution in [0.15, 0.2) is 30.3 Å². The van der Waals surface area contributed by atoms with Gasteiger partial charge in [-0.25, -0.2) is 0 Å². The third kappa shape index (κ3) is 5.17. The Morgan fingerprint density at radius 2 is 1.68 bits per heavy atom. The first kappa shape index (κ1) is 16.5. The van der Waals surface area contributed by atoms with Crippen molar-refractivity contribution in [3.05, 3.63) is 35.9 Å². The summed E-state index contributed by atoms with van der Waals surface area (Å²) in [5.74, 6) is 0.0592. The lowest BCUT2D eigenvalue weighted by Gasteiger charge is -2.20. The van der Waals surface area contributed by atoms with Crippen LogP contribution < -0.4 is 5.32 Å². The predicted molar refractivity (Wildman–Crippen MR) is 87.3 cm³/mol. The summed E-state index contributed by atoms with van der Waals surface area (Å²) in [5, 5.41) is 2.96. The van der Waals surface area contributed by atoms with Crippen molar-refractivity contribution in [2.45, 2.75) is 51.5 Å². The average molecular weight is 302 g/mol. The molecule has 0 aromatic heterocycles. The number of benzene rings is 1. The number of nitrogens with one attached hydrogen (secondary N) is 1. The Kier molecular flexibility index (Phi) is 6.44. The van der Waals surface area contributed by atoms with Gasteiger partial charge in [0.2, 0.25) is 11.8 Å². The van der Waals surface area contributed by atoms with Gasteiger partial charge in [-0.3, -0.25) is 9.59 Å². The second-order valence-electron chi connectivity index (χ2n) is 5.99. The molecule has 1 atom stereocenters. The normalized spacial score (nSPS) is 16.7. The van der Waals surface area contributed by atoms with E-state index in [9.17, 15) is 9.59 Å². The predicted octanol–water partition coefficient (Wildman–Crippen LogP) is 3.05. The number of hydrogen-bond acceptors (Lipinski definition) is 2. The molecule has 0 radical (unpaired) electrons. The zero-order chi connectivity index (χ0) is 15.8. The van der Waals surface area contributed by atoms with Crippen molar-refractivity contribution < 1.29 is 9.59 Å². The second-order valence-corrected chi connectivity index (χ2v) is 5.99. The molecule has 1 aromatic rings. The first-order chi connectivity index (χ1) is 10.7. The third-order valence-corrected chi connectivity index (χ3v) is 4.20. The molecule has 1 aliphatic rings. The van der Waals surface area contributed by atoms with Crippen molar-refractivity contribution in [2.24, 2.45) is 0 Å².